The number of rotatable bonds is 4. The third-order valence-corrected chi connectivity index (χ3v) is 6.26. The Bertz CT molecular complexity index is 1050. The van der Waals surface area contributed by atoms with Crippen LogP contribution in [0.1, 0.15) is 39.1 Å². The van der Waals surface area contributed by atoms with Crippen LogP contribution in [0.5, 0.6) is 0 Å². The smallest absolute Gasteiger partial charge is 0.410 e. The van der Waals surface area contributed by atoms with Crippen LogP contribution in [0.3, 0.4) is 0 Å². The molecule has 8 nitrogen and oxygen atoms in total. The lowest BCUT2D eigenvalue weighted by atomic mass is 10.0. The van der Waals surface area contributed by atoms with Gasteiger partial charge in [-0.25, -0.2) is 9.59 Å². The Balaban J connectivity index is 1.16. The van der Waals surface area contributed by atoms with Crippen molar-refractivity contribution in [2.75, 3.05) is 13.1 Å². The molecule has 2 aromatic rings. The zero-order valence-corrected chi connectivity index (χ0v) is 16.7. The molecule has 2 unspecified atom stereocenters. The van der Waals surface area contributed by atoms with E-state index >= 15 is 0 Å². The highest BCUT2D eigenvalue weighted by molar-refractivity contribution is 6.20. The second-order valence-corrected chi connectivity index (χ2v) is 8.19. The molecule has 1 saturated carbocycles. The maximum Gasteiger partial charge on any atom is 0.410 e. The lowest BCUT2D eigenvalue weighted by molar-refractivity contribution is -0.171. The molecule has 2 aromatic carbocycles. The summed E-state index contributed by atoms with van der Waals surface area (Å²) >= 11 is 0. The van der Waals surface area contributed by atoms with Crippen LogP contribution in [0, 0.1) is 11.3 Å². The SMILES string of the molecule is O=C(ON1C(=O)c2ccccc2C1=O)C1CC12CCN(C(=O)OCc1ccccc1)C2. The first-order chi connectivity index (χ1) is 15.0. The van der Waals surface area contributed by atoms with Crippen molar-refractivity contribution in [3.63, 3.8) is 0 Å². The first-order valence-corrected chi connectivity index (χ1v) is 10.1. The van der Waals surface area contributed by atoms with Crippen LogP contribution in [0.2, 0.25) is 0 Å². The van der Waals surface area contributed by atoms with Crippen LogP contribution in [-0.2, 0) is 21.0 Å². The molecule has 5 rings (SSSR count). The van der Waals surface area contributed by atoms with E-state index < -0.39 is 29.8 Å². The number of fused-ring (bicyclic) bond motifs is 1. The fraction of sp³-hybridized carbons (Fsp3) is 0.304. The lowest BCUT2D eigenvalue weighted by Crippen LogP contribution is -2.34. The molecule has 0 N–H and O–H groups in total. The molecule has 1 aliphatic carbocycles. The summed E-state index contributed by atoms with van der Waals surface area (Å²) < 4.78 is 5.37. The van der Waals surface area contributed by atoms with Crippen molar-refractivity contribution < 1.29 is 28.8 Å². The van der Waals surface area contributed by atoms with E-state index in [1.807, 2.05) is 30.3 Å². The van der Waals surface area contributed by atoms with Gasteiger partial charge in [-0.15, -0.1) is 0 Å². The highest BCUT2D eigenvalue weighted by atomic mass is 16.7. The van der Waals surface area contributed by atoms with Crippen LogP contribution in [0.25, 0.3) is 0 Å². The predicted molar refractivity (Wildman–Crippen MR) is 106 cm³/mol. The number of likely N-dealkylation sites (tertiary alicyclic amines) is 1. The Morgan fingerprint density at radius 2 is 1.61 bits per heavy atom. The molecule has 1 saturated heterocycles. The van der Waals surface area contributed by atoms with E-state index in [1.54, 1.807) is 17.0 Å². The zero-order valence-electron chi connectivity index (χ0n) is 16.7. The normalized spacial score (nSPS) is 23.8. The molecule has 2 fully saturated rings. The summed E-state index contributed by atoms with van der Waals surface area (Å²) in [6, 6.07) is 15.8. The zero-order chi connectivity index (χ0) is 21.6. The minimum atomic E-state index is -0.638. The summed E-state index contributed by atoms with van der Waals surface area (Å²) in [4.78, 5) is 56.6. The van der Waals surface area contributed by atoms with Crippen molar-refractivity contribution >= 4 is 23.9 Å². The van der Waals surface area contributed by atoms with Gasteiger partial charge in [0, 0.05) is 18.5 Å². The van der Waals surface area contributed by atoms with Crippen LogP contribution < -0.4 is 0 Å². The molecular formula is C23H20N2O6. The fourth-order valence-electron chi connectivity index (χ4n) is 4.40. The second-order valence-electron chi connectivity index (χ2n) is 8.19. The first-order valence-electron chi connectivity index (χ1n) is 10.1. The lowest BCUT2D eigenvalue weighted by Gasteiger charge is -2.17. The number of nitrogens with zero attached hydrogens (tertiary/aromatic N) is 2. The standard InChI is InChI=1S/C23H20N2O6/c26-19-16-8-4-5-9-17(16)20(27)25(19)31-21(28)18-12-23(18)10-11-24(14-23)22(29)30-13-15-6-2-1-3-7-15/h1-9,18H,10-14H2. The van der Waals surface area contributed by atoms with Crippen molar-refractivity contribution in [3.05, 3.63) is 71.3 Å². The van der Waals surface area contributed by atoms with Gasteiger partial charge in [0.25, 0.3) is 11.8 Å². The molecule has 2 atom stereocenters. The molecule has 0 bridgehead atoms. The van der Waals surface area contributed by atoms with Gasteiger partial charge in [-0.2, -0.15) is 0 Å². The number of benzene rings is 2. The van der Waals surface area contributed by atoms with E-state index in [0.717, 1.165) is 5.56 Å². The van der Waals surface area contributed by atoms with Gasteiger partial charge >= 0.3 is 12.1 Å². The molecule has 2 aliphatic heterocycles. The van der Waals surface area contributed by atoms with Gasteiger partial charge in [-0.05, 0) is 30.5 Å². The Hall–Kier alpha value is -3.68. The average Bonchev–Trinajstić information content (AvgIpc) is 3.25. The summed E-state index contributed by atoms with van der Waals surface area (Å²) in [5.74, 6) is -2.35. The second kappa shape index (κ2) is 7.23. The highest BCUT2D eigenvalue weighted by Gasteiger charge is 2.63. The Morgan fingerprint density at radius 1 is 0.968 bits per heavy atom. The minimum Gasteiger partial charge on any atom is -0.445 e. The molecule has 8 heteroatoms. The van der Waals surface area contributed by atoms with E-state index in [2.05, 4.69) is 0 Å². The molecule has 0 radical (unpaired) electrons. The van der Waals surface area contributed by atoms with Crippen molar-refractivity contribution in [2.24, 2.45) is 11.3 Å². The van der Waals surface area contributed by atoms with Crippen LogP contribution in [-0.4, -0.2) is 46.9 Å². The number of hydrogen-bond donors (Lipinski definition) is 0. The van der Waals surface area contributed by atoms with E-state index in [1.165, 1.54) is 12.1 Å². The fourth-order valence-corrected chi connectivity index (χ4v) is 4.40. The van der Waals surface area contributed by atoms with Crippen molar-refractivity contribution in [1.82, 2.24) is 9.96 Å². The van der Waals surface area contributed by atoms with Crippen LogP contribution in [0.15, 0.2) is 54.6 Å². The molecule has 2 heterocycles. The maximum absolute atomic E-state index is 12.6. The van der Waals surface area contributed by atoms with Gasteiger partial charge in [0.2, 0.25) is 0 Å². The summed E-state index contributed by atoms with van der Waals surface area (Å²) in [5, 5.41) is 0.542. The molecule has 3 aliphatic rings. The van der Waals surface area contributed by atoms with Gasteiger partial charge in [-0.3, -0.25) is 9.59 Å². The third-order valence-electron chi connectivity index (χ3n) is 6.26. The summed E-state index contributed by atoms with van der Waals surface area (Å²) in [6.07, 6.45) is 0.785. The Labute approximate surface area is 178 Å². The summed E-state index contributed by atoms with van der Waals surface area (Å²) in [5.41, 5.74) is 0.971. The third kappa shape index (κ3) is 3.34. The van der Waals surface area contributed by atoms with Crippen molar-refractivity contribution in [3.8, 4) is 0 Å². The average molecular weight is 420 g/mol. The number of amides is 3. The minimum absolute atomic E-state index is 0.189. The number of imide groups is 1. The van der Waals surface area contributed by atoms with Crippen LogP contribution >= 0.6 is 0 Å². The quantitative estimate of drug-likeness (QED) is 0.706. The van der Waals surface area contributed by atoms with Crippen molar-refractivity contribution in [2.45, 2.75) is 19.4 Å². The van der Waals surface area contributed by atoms with Gasteiger partial charge in [0.1, 0.15) is 6.61 Å². The molecule has 1 spiro atoms. The van der Waals surface area contributed by atoms with Crippen LogP contribution in [0.4, 0.5) is 4.79 Å². The van der Waals surface area contributed by atoms with E-state index in [4.69, 9.17) is 9.57 Å². The van der Waals surface area contributed by atoms with E-state index in [0.29, 0.717) is 31.0 Å². The number of carbonyl (C=O) groups excluding carboxylic acids is 4. The number of carbonyl (C=O) groups is 4. The molecule has 3 amide bonds. The van der Waals surface area contributed by atoms with Gasteiger partial charge in [-0.1, -0.05) is 47.5 Å². The van der Waals surface area contributed by atoms with E-state index in [-0.39, 0.29) is 23.1 Å². The first kappa shape index (κ1) is 19.3. The monoisotopic (exact) mass is 420 g/mol. The van der Waals surface area contributed by atoms with Gasteiger partial charge in [0.15, 0.2) is 0 Å². The van der Waals surface area contributed by atoms with Gasteiger partial charge in [0.05, 0.1) is 17.0 Å². The van der Waals surface area contributed by atoms with E-state index in [9.17, 15) is 19.2 Å². The largest absolute Gasteiger partial charge is 0.445 e. The molecule has 158 valence electrons. The highest BCUT2D eigenvalue weighted by Crippen LogP contribution is 2.59. The number of hydroxylamine groups is 2. The summed E-state index contributed by atoms with van der Waals surface area (Å²) in [7, 11) is 0. The molecular weight excluding hydrogens is 400 g/mol. The molecule has 0 aromatic heterocycles. The molecule has 31 heavy (non-hydrogen) atoms. The maximum atomic E-state index is 12.6. The Kier molecular flexibility index (Phi) is 4.50. The number of ether oxygens (including phenoxy) is 1. The van der Waals surface area contributed by atoms with Crippen molar-refractivity contribution in [1.29, 1.82) is 0 Å². The predicted octanol–water partition coefficient (Wildman–Crippen LogP) is 2.79. The number of hydrogen-bond acceptors (Lipinski definition) is 6. The summed E-state index contributed by atoms with van der Waals surface area (Å²) in [6.45, 7) is 1.07. The Morgan fingerprint density at radius 3 is 2.29 bits per heavy atom. The topological polar surface area (TPSA) is 93.2 Å². The van der Waals surface area contributed by atoms with Gasteiger partial charge < -0.3 is 14.5 Å².